The molecule has 8 heteroatoms. The highest BCUT2D eigenvalue weighted by Crippen LogP contribution is 2.11. The zero-order valence-electron chi connectivity index (χ0n) is 11.5. The van der Waals surface area contributed by atoms with Crippen molar-refractivity contribution < 1.29 is 24.2 Å². The predicted octanol–water partition coefficient (Wildman–Crippen LogP) is -0.442. The maximum atomic E-state index is 11.6. The molecule has 0 saturated carbocycles. The third-order valence-corrected chi connectivity index (χ3v) is 3.86. The number of carbonyl (C=O) groups is 3. The summed E-state index contributed by atoms with van der Waals surface area (Å²) in [5, 5.41) is 11.3. The minimum Gasteiger partial charge on any atom is -0.481 e. The number of methoxy groups -OCH3 is 1. The van der Waals surface area contributed by atoms with Gasteiger partial charge in [0.25, 0.3) is 0 Å². The fourth-order valence-corrected chi connectivity index (χ4v) is 2.53. The molecule has 2 N–H and O–H groups in total. The monoisotopic (exact) mass is 304 g/mol. The molecule has 0 spiro atoms. The number of likely N-dealkylation sites (tertiary alicyclic amines) is 1. The van der Waals surface area contributed by atoms with Gasteiger partial charge < -0.3 is 20.1 Å². The topological polar surface area (TPSA) is 95.9 Å². The number of carboxylic acid groups (broad SMARTS) is 1. The van der Waals surface area contributed by atoms with Crippen LogP contribution in [-0.2, 0) is 19.1 Å². The Hall–Kier alpha value is -1.28. The molecule has 1 heterocycles. The number of carboxylic acids is 1. The van der Waals surface area contributed by atoms with Crippen molar-refractivity contribution in [2.75, 3.05) is 38.3 Å². The number of amides is 2. The van der Waals surface area contributed by atoms with Crippen molar-refractivity contribution in [1.82, 2.24) is 10.2 Å². The van der Waals surface area contributed by atoms with E-state index >= 15 is 0 Å². The van der Waals surface area contributed by atoms with Crippen molar-refractivity contribution in [3.05, 3.63) is 0 Å². The van der Waals surface area contributed by atoms with Gasteiger partial charge in [-0.15, -0.1) is 11.8 Å². The smallest absolute Gasteiger partial charge is 0.313 e. The van der Waals surface area contributed by atoms with E-state index in [0.717, 1.165) is 11.8 Å². The first-order valence-electron chi connectivity index (χ1n) is 6.38. The largest absolute Gasteiger partial charge is 0.481 e. The molecule has 1 fully saturated rings. The summed E-state index contributed by atoms with van der Waals surface area (Å²) in [4.78, 5) is 35.2. The number of thioether (sulfide) groups is 1. The Bertz CT molecular complexity index is 356. The summed E-state index contributed by atoms with van der Waals surface area (Å²) in [6, 6.07) is 0.0551. The number of hydrogen-bond acceptors (Lipinski definition) is 5. The summed E-state index contributed by atoms with van der Waals surface area (Å²) in [6.07, 6.45) is 1.43. The van der Waals surface area contributed by atoms with Crippen molar-refractivity contribution in [1.29, 1.82) is 0 Å². The summed E-state index contributed by atoms with van der Waals surface area (Å²) < 4.78 is 4.80. The second-order valence-electron chi connectivity index (χ2n) is 4.54. The molecule has 1 saturated heterocycles. The normalized spacial score (nSPS) is 15.9. The standard InChI is InChI=1S/C12H20N2O5S/c1-19-6-11(16)14-4-2-9(3-5-14)13-10(15)7-20-8-12(17)18/h9H,2-8H2,1H3,(H,13,15)(H,17,18). The predicted molar refractivity (Wildman–Crippen MR) is 74.6 cm³/mol. The van der Waals surface area contributed by atoms with Crippen LogP contribution in [0.25, 0.3) is 0 Å². The number of piperidine rings is 1. The summed E-state index contributed by atoms with van der Waals surface area (Å²) in [7, 11) is 1.49. The average Bonchev–Trinajstić information content (AvgIpc) is 2.39. The highest BCUT2D eigenvalue weighted by atomic mass is 32.2. The average molecular weight is 304 g/mol. The number of nitrogens with zero attached hydrogens (tertiary/aromatic N) is 1. The van der Waals surface area contributed by atoms with Crippen LogP contribution >= 0.6 is 11.8 Å². The van der Waals surface area contributed by atoms with Gasteiger partial charge in [-0.05, 0) is 12.8 Å². The molecule has 0 atom stereocenters. The van der Waals surface area contributed by atoms with Crippen molar-refractivity contribution in [2.24, 2.45) is 0 Å². The van der Waals surface area contributed by atoms with Gasteiger partial charge in [-0.3, -0.25) is 14.4 Å². The van der Waals surface area contributed by atoms with Gasteiger partial charge in [-0.2, -0.15) is 0 Å². The van der Waals surface area contributed by atoms with Crippen LogP contribution in [0.2, 0.25) is 0 Å². The van der Waals surface area contributed by atoms with E-state index in [1.165, 1.54) is 7.11 Å². The Balaban J connectivity index is 2.20. The van der Waals surface area contributed by atoms with E-state index in [4.69, 9.17) is 9.84 Å². The van der Waals surface area contributed by atoms with Crippen molar-refractivity contribution in [3.63, 3.8) is 0 Å². The Morgan fingerprint density at radius 1 is 1.30 bits per heavy atom. The molecule has 114 valence electrons. The van der Waals surface area contributed by atoms with Gasteiger partial charge in [0.1, 0.15) is 6.61 Å². The lowest BCUT2D eigenvalue weighted by Crippen LogP contribution is -2.47. The van der Waals surface area contributed by atoms with E-state index in [2.05, 4.69) is 5.32 Å². The molecule has 2 amide bonds. The molecule has 0 aromatic heterocycles. The van der Waals surface area contributed by atoms with E-state index < -0.39 is 5.97 Å². The molecule has 0 bridgehead atoms. The van der Waals surface area contributed by atoms with Gasteiger partial charge in [0.05, 0.1) is 11.5 Å². The van der Waals surface area contributed by atoms with E-state index in [9.17, 15) is 14.4 Å². The molecule has 0 aliphatic carbocycles. The van der Waals surface area contributed by atoms with Crippen molar-refractivity contribution in [2.45, 2.75) is 18.9 Å². The van der Waals surface area contributed by atoms with Gasteiger partial charge in [0.2, 0.25) is 11.8 Å². The molecule has 1 aliphatic heterocycles. The van der Waals surface area contributed by atoms with Crippen LogP contribution in [0.15, 0.2) is 0 Å². The van der Waals surface area contributed by atoms with Gasteiger partial charge in [0, 0.05) is 26.2 Å². The molecule has 0 unspecified atom stereocenters. The first-order valence-corrected chi connectivity index (χ1v) is 7.54. The highest BCUT2D eigenvalue weighted by Gasteiger charge is 2.23. The zero-order valence-corrected chi connectivity index (χ0v) is 12.3. The maximum absolute atomic E-state index is 11.6. The number of hydrogen-bond donors (Lipinski definition) is 2. The highest BCUT2D eigenvalue weighted by molar-refractivity contribution is 8.00. The summed E-state index contributed by atoms with van der Waals surface area (Å²) in [6.45, 7) is 1.30. The molecular weight excluding hydrogens is 284 g/mol. The first kappa shape index (κ1) is 16.8. The van der Waals surface area contributed by atoms with Crippen LogP contribution in [0.5, 0.6) is 0 Å². The first-order chi connectivity index (χ1) is 9.52. The Morgan fingerprint density at radius 2 is 1.95 bits per heavy atom. The zero-order chi connectivity index (χ0) is 15.0. The molecule has 1 rings (SSSR count). The minimum atomic E-state index is -0.923. The quantitative estimate of drug-likeness (QED) is 0.662. The van der Waals surface area contributed by atoms with E-state index in [1.807, 2.05) is 0 Å². The number of carbonyl (C=O) groups excluding carboxylic acids is 2. The minimum absolute atomic E-state index is 0.0331. The van der Waals surface area contributed by atoms with Gasteiger partial charge in [0.15, 0.2) is 0 Å². The molecule has 0 aromatic rings. The maximum Gasteiger partial charge on any atom is 0.313 e. The molecule has 0 aromatic carbocycles. The van der Waals surface area contributed by atoms with E-state index in [0.29, 0.717) is 25.9 Å². The fourth-order valence-electron chi connectivity index (χ4n) is 1.99. The SMILES string of the molecule is COCC(=O)N1CCC(NC(=O)CSCC(=O)O)CC1. The number of rotatable bonds is 7. The molecule has 7 nitrogen and oxygen atoms in total. The van der Waals surface area contributed by atoms with Crippen LogP contribution in [0.3, 0.4) is 0 Å². The van der Waals surface area contributed by atoms with Gasteiger partial charge in [-0.1, -0.05) is 0 Å². The summed E-state index contributed by atoms with van der Waals surface area (Å²) >= 11 is 1.08. The lowest BCUT2D eigenvalue weighted by molar-refractivity contribution is -0.136. The Morgan fingerprint density at radius 3 is 2.50 bits per heavy atom. The fraction of sp³-hybridized carbons (Fsp3) is 0.750. The lowest BCUT2D eigenvalue weighted by atomic mass is 10.1. The van der Waals surface area contributed by atoms with Gasteiger partial charge >= 0.3 is 5.97 Å². The molecular formula is C12H20N2O5S. The summed E-state index contributed by atoms with van der Waals surface area (Å²) in [5.74, 6) is -1.04. The molecule has 1 aliphatic rings. The van der Waals surface area contributed by atoms with Crippen LogP contribution in [0.4, 0.5) is 0 Å². The van der Waals surface area contributed by atoms with E-state index in [1.54, 1.807) is 4.90 Å². The Kier molecular flexibility index (Phi) is 7.38. The van der Waals surface area contributed by atoms with Crippen molar-refractivity contribution in [3.8, 4) is 0 Å². The lowest BCUT2D eigenvalue weighted by Gasteiger charge is -2.32. The number of aliphatic carboxylic acids is 1. The van der Waals surface area contributed by atoms with E-state index in [-0.39, 0.29) is 36.0 Å². The van der Waals surface area contributed by atoms with Crippen LogP contribution in [-0.4, -0.2) is 72.1 Å². The Labute approximate surface area is 122 Å². The van der Waals surface area contributed by atoms with Crippen molar-refractivity contribution >= 4 is 29.5 Å². The third-order valence-electron chi connectivity index (χ3n) is 2.94. The molecule has 20 heavy (non-hydrogen) atoms. The van der Waals surface area contributed by atoms with Crippen LogP contribution in [0, 0.1) is 0 Å². The third kappa shape index (κ3) is 6.25. The molecule has 0 radical (unpaired) electrons. The second-order valence-corrected chi connectivity index (χ2v) is 5.53. The number of nitrogens with one attached hydrogen (secondary N) is 1. The summed E-state index contributed by atoms with van der Waals surface area (Å²) in [5.41, 5.74) is 0. The second kappa shape index (κ2) is 8.80. The number of ether oxygens (including phenoxy) is 1. The van der Waals surface area contributed by atoms with Crippen LogP contribution < -0.4 is 5.32 Å². The van der Waals surface area contributed by atoms with Gasteiger partial charge in [-0.25, -0.2) is 0 Å². The van der Waals surface area contributed by atoms with Crippen LogP contribution in [0.1, 0.15) is 12.8 Å².